The fraction of sp³-hybridized carbons (Fsp3) is 0.250. The second kappa shape index (κ2) is 5.41. The first kappa shape index (κ1) is 13.9. The van der Waals surface area contributed by atoms with E-state index in [9.17, 15) is 9.18 Å². The van der Waals surface area contributed by atoms with Crippen molar-refractivity contribution in [1.82, 2.24) is 9.55 Å². The molecule has 0 aliphatic heterocycles. The van der Waals surface area contributed by atoms with Crippen LogP contribution in [0.25, 0.3) is 21.3 Å². The van der Waals surface area contributed by atoms with E-state index in [1.54, 1.807) is 23.0 Å². The van der Waals surface area contributed by atoms with Crippen LogP contribution in [0.15, 0.2) is 35.4 Å². The van der Waals surface area contributed by atoms with Gasteiger partial charge in [0, 0.05) is 17.0 Å². The first-order valence-corrected chi connectivity index (χ1v) is 7.68. The van der Waals surface area contributed by atoms with Gasteiger partial charge in [-0.3, -0.25) is 9.36 Å². The van der Waals surface area contributed by atoms with Gasteiger partial charge in [-0.15, -0.1) is 11.3 Å². The van der Waals surface area contributed by atoms with E-state index in [0.717, 1.165) is 27.3 Å². The van der Waals surface area contributed by atoms with Crippen molar-refractivity contribution in [1.29, 1.82) is 0 Å². The summed E-state index contributed by atoms with van der Waals surface area (Å²) in [6.07, 6.45) is 2.49. The molecule has 5 heteroatoms. The average molecular weight is 302 g/mol. The number of rotatable bonds is 3. The first-order valence-electron chi connectivity index (χ1n) is 6.86. The number of fused-ring (bicyclic) bond motifs is 1. The van der Waals surface area contributed by atoms with Gasteiger partial charge < -0.3 is 0 Å². The van der Waals surface area contributed by atoms with Gasteiger partial charge in [0.1, 0.15) is 10.6 Å². The highest BCUT2D eigenvalue weighted by molar-refractivity contribution is 7.19. The first-order chi connectivity index (χ1) is 10.1. The van der Waals surface area contributed by atoms with E-state index in [1.807, 2.05) is 13.8 Å². The number of thiophene rings is 1. The summed E-state index contributed by atoms with van der Waals surface area (Å²) >= 11 is 1.50. The molecule has 0 amide bonds. The van der Waals surface area contributed by atoms with Crippen molar-refractivity contribution in [3.05, 3.63) is 51.6 Å². The molecule has 108 valence electrons. The van der Waals surface area contributed by atoms with Crippen molar-refractivity contribution in [2.24, 2.45) is 0 Å². The number of benzene rings is 1. The maximum Gasteiger partial charge on any atom is 0.262 e. The monoisotopic (exact) mass is 302 g/mol. The highest BCUT2D eigenvalue weighted by Gasteiger charge is 2.16. The second-order valence-electron chi connectivity index (χ2n) is 4.96. The van der Waals surface area contributed by atoms with Crippen LogP contribution in [0.5, 0.6) is 0 Å². The Labute approximate surface area is 125 Å². The fourth-order valence-corrected chi connectivity index (χ4v) is 3.51. The Morgan fingerprint density at radius 2 is 2.00 bits per heavy atom. The van der Waals surface area contributed by atoms with Gasteiger partial charge >= 0.3 is 0 Å². The molecular weight excluding hydrogens is 287 g/mol. The Morgan fingerprint density at radius 1 is 1.29 bits per heavy atom. The Kier molecular flexibility index (Phi) is 3.59. The lowest BCUT2D eigenvalue weighted by Gasteiger charge is -2.05. The predicted molar refractivity (Wildman–Crippen MR) is 84.3 cm³/mol. The van der Waals surface area contributed by atoms with Crippen LogP contribution in [-0.4, -0.2) is 9.55 Å². The van der Waals surface area contributed by atoms with Gasteiger partial charge in [0.25, 0.3) is 5.56 Å². The molecule has 0 N–H and O–H groups in total. The normalized spacial score (nSPS) is 11.2. The summed E-state index contributed by atoms with van der Waals surface area (Å²) in [6.45, 7) is 4.64. The smallest absolute Gasteiger partial charge is 0.262 e. The zero-order valence-corrected chi connectivity index (χ0v) is 12.7. The van der Waals surface area contributed by atoms with Gasteiger partial charge in [-0.05, 0) is 31.0 Å². The Morgan fingerprint density at radius 3 is 2.67 bits per heavy atom. The summed E-state index contributed by atoms with van der Waals surface area (Å²) in [7, 11) is 0. The van der Waals surface area contributed by atoms with E-state index in [4.69, 9.17) is 0 Å². The summed E-state index contributed by atoms with van der Waals surface area (Å²) in [5, 5.41) is 0.639. The summed E-state index contributed by atoms with van der Waals surface area (Å²) in [4.78, 5) is 18.8. The molecule has 21 heavy (non-hydrogen) atoms. The van der Waals surface area contributed by atoms with Gasteiger partial charge in [-0.1, -0.05) is 19.1 Å². The van der Waals surface area contributed by atoms with Gasteiger partial charge in [0.2, 0.25) is 0 Å². The quantitative estimate of drug-likeness (QED) is 0.733. The maximum atomic E-state index is 13.1. The van der Waals surface area contributed by atoms with Crippen molar-refractivity contribution in [2.45, 2.75) is 26.8 Å². The molecule has 0 atom stereocenters. The minimum absolute atomic E-state index is 0.0227. The van der Waals surface area contributed by atoms with E-state index in [2.05, 4.69) is 4.98 Å². The lowest BCUT2D eigenvalue weighted by Crippen LogP contribution is -2.20. The standard InChI is InChI=1S/C16H15FN2OS/c1-3-8-19-9-18-15-14(16(19)20)13(10(2)21-15)11-4-6-12(17)7-5-11/h4-7,9H,3,8H2,1-2H3. The summed E-state index contributed by atoms with van der Waals surface area (Å²) < 4.78 is 14.8. The molecule has 0 saturated carbocycles. The number of halogens is 1. The molecule has 0 unspecified atom stereocenters. The molecule has 3 rings (SSSR count). The van der Waals surface area contributed by atoms with Crippen LogP contribution < -0.4 is 5.56 Å². The molecule has 0 radical (unpaired) electrons. The topological polar surface area (TPSA) is 34.9 Å². The SMILES string of the molecule is CCCn1cnc2sc(C)c(-c3ccc(F)cc3)c2c1=O. The third-order valence-corrected chi connectivity index (χ3v) is 4.47. The van der Waals surface area contributed by atoms with Crippen LogP contribution in [0, 0.1) is 12.7 Å². The van der Waals surface area contributed by atoms with Gasteiger partial charge in [-0.25, -0.2) is 9.37 Å². The predicted octanol–water partition coefficient (Wildman–Crippen LogP) is 3.98. The van der Waals surface area contributed by atoms with Crippen molar-refractivity contribution >= 4 is 21.6 Å². The van der Waals surface area contributed by atoms with E-state index in [-0.39, 0.29) is 11.4 Å². The van der Waals surface area contributed by atoms with E-state index >= 15 is 0 Å². The maximum absolute atomic E-state index is 13.1. The van der Waals surface area contributed by atoms with Gasteiger partial charge in [0.05, 0.1) is 11.7 Å². The molecule has 0 fully saturated rings. The summed E-state index contributed by atoms with van der Waals surface area (Å²) in [6, 6.07) is 6.25. The molecule has 0 bridgehead atoms. The van der Waals surface area contributed by atoms with E-state index in [1.165, 1.54) is 23.5 Å². The van der Waals surface area contributed by atoms with Crippen LogP contribution in [0.2, 0.25) is 0 Å². The van der Waals surface area contributed by atoms with Crippen LogP contribution in [-0.2, 0) is 6.54 Å². The second-order valence-corrected chi connectivity index (χ2v) is 6.17. The lowest BCUT2D eigenvalue weighted by molar-refractivity contribution is 0.628. The molecule has 0 aliphatic carbocycles. The molecule has 3 nitrogen and oxygen atoms in total. The fourth-order valence-electron chi connectivity index (χ4n) is 2.50. The molecular formula is C16H15FN2OS. The van der Waals surface area contributed by atoms with Crippen molar-refractivity contribution in [2.75, 3.05) is 0 Å². The van der Waals surface area contributed by atoms with Crippen LogP contribution in [0.4, 0.5) is 4.39 Å². The van der Waals surface area contributed by atoms with Gasteiger partial charge in [-0.2, -0.15) is 0 Å². The highest BCUT2D eigenvalue weighted by atomic mass is 32.1. The third kappa shape index (κ3) is 2.38. The van der Waals surface area contributed by atoms with Crippen molar-refractivity contribution in [3.8, 4) is 11.1 Å². The number of hydrogen-bond acceptors (Lipinski definition) is 3. The molecule has 2 heterocycles. The molecule has 0 spiro atoms. The van der Waals surface area contributed by atoms with Gasteiger partial charge in [0.15, 0.2) is 0 Å². The Hall–Kier alpha value is -2.01. The Bertz CT molecular complexity index is 849. The van der Waals surface area contributed by atoms with E-state index < -0.39 is 0 Å². The van der Waals surface area contributed by atoms with Crippen molar-refractivity contribution < 1.29 is 4.39 Å². The lowest BCUT2D eigenvalue weighted by atomic mass is 10.0. The van der Waals surface area contributed by atoms with Crippen LogP contribution in [0.1, 0.15) is 18.2 Å². The molecule has 1 aromatic carbocycles. The zero-order chi connectivity index (χ0) is 15.0. The third-order valence-electron chi connectivity index (χ3n) is 3.45. The molecule has 0 saturated heterocycles. The van der Waals surface area contributed by atoms with Crippen molar-refractivity contribution in [3.63, 3.8) is 0 Å². The van der Waals surface area contributed by atoms with Crippen LogP contribution in [0.3, 0.4) is 0 Å². The number of aromatic nitrogens is 2. The average Bonchev–Trinajstić information content (AvgIpc) is 2.80. The minimum atomic E-state index is -0.280. The zero-order valence-electron chi connectivity index (χ0n) is 11.9. The molecule has 2 aromatic heterocycles. The number of aryl methyl sites for hydroxylation is 2. The van der Waals surface area contributed by atoms with E-state index in [0.29, 0.717) is 11.9 Å². The number of hydrogen-bond donors (Lipinski definition) is 0. The molecule has 3 aromatic rings. The molecule has 0 aliphatic rings. The Balaban J connectivity index is 2.31. The van der Waals surface area contributed by atoms with Crippen LogP contribution >= 0.6 is 11.3 Å². The highest BCUT2D eigenvalue weighted by Crippen LogP contribution is 2.35. The largest absolute Gasteiger partial charge is 0.299 e. The summed E-state index contributed by atoms with van der Waals surface area (Å²) in [5.74, 6) is -0.280. The summed E-state index contributed by atoms with van der Waals surface area (Å²) in [5.41, 5.74) is 1.71. The minimum Gasteiger partial charge on any atom is -0.299 e. The number of nitrogens with zero attached hydrogens (tertiary/aromatic N) is 2.